The van der Waals surface area contributed by atoms with Crippen LogP contribution in [0.15, 0.2) is 29.3 Å². The highest BCUT2D eigenvalue weighted by molar-refractivity contribution is 14.0. The number of alkyl halides is 3. The summed E-state index contributed by atoms with van der Waals surface area (Å²) in [6.45, 7) is 0.349. The van der Waals surface area contributed by atoms with Crippen LogP contribution in [0.4, 0.5) is 18.9 Å². The fourth-order valence-corrected chi connectivity index (χ4v) is 3.69. The molecule has 0 heterocycles. The molecular formula is C15H22F3IN4O3S. The van der Waals surface area contributed by atoms with Gasteiger partial charge in [-0.25, -0.2) is 13.1 Å². The Labute approximate surface area is 173 Å². The second-order valence-corrected chi connectivity index (χ2v) is 7.89. The number of nitrogens with two attached hydrogens (primary N) is 1. The molecule has 2 atom stereocenters. The van der Waals surface area contributed by atoms with E-state index in [2.05, 4.69) is 19.8 Å². The predicted molar refractivity (Wildman–Crippen MR) is 108 cm³/mol. The number of sulfonamides is 1. The minimum absolute atomic E-state index is 0. The van der Waals surface area contributed by atoms with Gasteiger partial charge in [0, 0.05) is 18.3 Å². The van der Waals surface area contributed by atoms with Gasteiger partial charge >= 0.3 is 6.36 Å². The summed E-state index contributed by atoms with van der Waals surface area (Å²) in [5.74, 6) is -0.189. The van der Waals surface area contributed by atoms with Crippen LogP contribution in [0.2, 0.25) is 0 Å². The van der Waals surface area contributed by atoms with E-state index in [0.717, 1.165) is 37.7 Å². The predicted octanol–water partition coefficient (Wildman–Crippen LogP) is 2.65. The SMILES string of the molecule is CS(=O)(=O)NC1CCCC1CN=C(N)Nc1ccc(OC(F)(F)F)cc1.I. The fraction of sp³-hybridized carbons (Fsp3) is 0.533. The molecule has 0 aromatic heterocycles. The number of anilines is 1. The van der Waals surface area contributed by atoms with Gasteiger partial charge in [-0.2, -0.15) is 0 Å². The number of halogens is 4. The molecule has 1 aromatic carbocycles. The number of nitrogens with zero attached hydrogens (tertiary/aromatic N) is 1. The summed E-state index contributed by atoms with van der Waals surface area (Å²) >= 11 is 0. The Balaban J connectivity index is 0.00000364. The van der Waals surface area contributed by atoms with Crippen LogP contribution >= 0.6 is 24.0 Å². The molecule has 1 aliphatic carbocycles. The van der Waals surface area contributed by atoms with Gasteiger partial charge < -0.3 is 15.8 Å². The monoisotopic (exact) mass is 522 g/mol. The molecule has 0 bridgehead atoms. The molecular weight excluding hydrogens is 500 g/mol. The van der Waals surface area contributed by atoms with Gasteiger partial charge in [0.1, 0.15) is 5.75 Å². The van der Waals surface area contributed by atoms with Crippen molar-refractivity contribution in [2.24, 2.45) is 16.6 Å². The van der Waals surface area contributed by atoms with Crippen molar-refractivity contribution in [2.75, 3.05) is 18.1 Å². The second kappa shape index (κ2) is 9.78. The van der Waals surface area contributed by atoms with Crippen molar-refractivity contribution < 1.29 is 26.3 Å². The summed E-state index contributed by atoms with van der Waals surface area (Å²) in [6.07, 6.45) is -1.13. The largest absolute Gasteiger partial charge is 0.573 e. The van der Waals surface area contributed by atoms with Crippen LogP contribution in [0.1, 0.15) is 19.3 Å². The van der Waals surface area contributed by atoms with E-state index in [1.165, 1.54) is 12.1 Å². The Morgan fingerprint density at radius 2 is 1.93 bits per heavy atom. The Hall–Kier alpha value is -1.28. The van der Waals surface area contributed by atoms with E-state index in [0.29, 0.717) is 12.2 Å². The highest BCUT2D eigenvalue weighted by Gasteiger charge is 2.31. The summed E-state index contributed by atoms with van der Waals surface area (Å²) < 4.78 is 65.5. The van der Waals surface area contributed by atoms with E-state index in [-0.39, 0.29) is 47.6 Å². The first-order valence-electron chi connectivity index (χ1n) is 7.92. The van der Waals surface area contributed by atoms with Crippen molar-refractivity contribution in [3.8, 4) is 5.75 Å². The van der Waals surface area contributed by atoms with Crippen LogP contribution in [0.25, 0.3) is 0 Å². The lowest BCUT2D eigenvalue weighted by molar-refractivity contribution is -0.274. The standard InChI is InChI=1S/C15H21F3N4O3S.HI/c1-26(23,24)22-13-4-2-3-10(13)9-20-14(19)21-11-5-7-12(8-6-11)25-15(16,17)18;/h5-8,10,13,22H,2-4,9H2,1H3,(H3,19,20,21);1H. The highest BCUT2D eigenvalue weighted by Crippen LogP contribution is 2.27. The van der Waals surface area contributed by atoms with Gasteiger partial charge in [0.05, 0.1) is 6.26 Å². The lowest BCUT2D eigenvalue weighted by Crippen LogP contribution is -2.38. The number of aliphatic imine (C=N–C) groups is 1. The fourth-order valence-electron chi connectivity index (χ4n) is 2.83. The minimum Gasteiger partial charge on any atom is -0.406 e. The molecule has 12 heteroatoms. The summed E-state index contributed by atoms with van der Waals surface area (Å²) in [4.78, 5) is 4.20. The third-order valence-corrected chi connectivity index (χ3v) is 4.61. The van der Waals surface area contributed by atoms with Gasteiger partial charge in [0.2, 0.25) is 10.0 Å². The van der Waals surface area contributed by atoms with Crippen molar-refractivity contribution in [1.29, 1.82) is 0 Å². The van der Waals surface area contributed by atoms with Crippen molar-refractivity contribution in [3.05, 3.63) is 24.3 Å². The molecule has 2 rings (SSSR count). The number of guanidine groups is 1. The van der Waals surface area contributed by atoms with Crippen LogP contribution in [0, 0.1) is 5.92 Å². The van der Waals surface area contributed by atoms with Gasteiger partial charge in [-0.1, -0.05) is 6.42 Å². The maximum atomic E-state index is 12.1. The molecule has 7 nitrogen and oxygen atoms in total. The van der Waals surface area contributed by atoms with Crippen LogP contribution < -0.4 is 20.5 Å². The van der Waals surface area contributed by atoms with Gasteiger partial charge in [-0.15, -0.1) is 37.1 Å². The third kappa shape index (κ3) is 8.97. The maximum absolute atomic E-state index is 12.1. The van der Waals surface area contributed by atoms with E-state index >= 15 is 0 Å². The first-order valence-corrected chi connectivity index (χ1v) is 9.81. The van der Waals surface area contributed by atoms with Crippen LogP contribution in [-0.4, -0.2) is 39.6 Å². The van der Waals surface area contributed by atoms with Crippen molar-refractivity contribution in [3.63, 3.8) is 0 Å². The molecule has 1 aliphatic rings. The molecule has 0 saturated heterocycles. The third-order valence-electron chi connectivity index (χ3n) is 3.88. The van der Waals surface area contributed by atoms with Crippen LogP contribution in [-0.2, 0) is 10.0 Å². The van der Waals surface area contributed by atoms with E-state index in [1.54, 1.807) is 0 Å². The van der Waals surface area contributed by atoms with Gasteiger partial charge in [0.15, 0.2) is 5.96 Å². The number of benzene rings is 1. The van der Waals surface area contributed by atoms with E-state index in [9.17, 15) is 21.6 Å². The van der Waals surface area contributed by atoms with Crippen LogP contribution in [0.5, 0.6) is 5.75 Å². The highest BCUT2D eigenvalue weighted by atomic mass is 127. The topological polar surface area (TPSA) is 106 Å². The molecule has 154 valence electrons. The number of hydrogen-bond donors (Lipinski definition) is 3. The summed E-state index contributed by atoms with van der Waals surface area (Å²) in [5, 5.41) is 2.77. The van der Waals surface area contributed by atoms with Crippen molar-refractivity contribution >= 4 is 45.6 Å². The molecule has 0 spiro atoms. The maximum Gasteiger partial charge on any atom is 0.573 e. The van der Waals surface area contributed by atoms with Crippen molar-refractivity contribution in [2.45, 2.75) is 31.7 Å². The molecule has 0 aliphatic heterocycles. The number of rotatable bonds is 6. The molecule has 1 aromatic rings. The van der Waals surface area contributed by atoms with E-state index in [1.807, 2.05) is 0 Å². The zero-order chi connectivity index (χ0) is 19.4. The van der Waals surface area contributed by atoms with E-state index in [4.69, 9.17) is 5.73 Å². The number of nitrogens with one attached hydrogen (secondary N) is 2. The molecule has 1 saturated carbocycles. The van der Waals surface area contributed by atoms with Crippen LogP contribution in [0.3, 0.4) is 0 Å². The lowest BCUT2D eigenvalue weighted by Gasteiger charge is -2.18. The van der Waals surface area contributed by atoms with Gasteiger partial charge in [0.25, 0.3) is 0 Å². The van der Waals surface area contributed by atoms with Crippen molar-refractivity contribution in [1.82, 2.24) is 4.72 Å². The molecule has 2 unspecified atom stereocenters. The van der Waals surface area contributed by atoms with Gasteiger partial charge in [-0.3, -0.25) is 4.99 Å². The molecule has 0 radical (unpaired) electrons. The zero-order valence-electron chi connectivity index (χ0n) is 14.5. The number of hydrogen-bond acceptors (Lipinski definition) is 4. The Bertz CT molecular complexity index is 742. The molecule has 4 N–H and O–H groups in total. The molecule has 0 amide bonds. The molecule has 27 heavy (non-hydrogen) atoms. The smallest absolute Gasteiger partial charge is 0.406 e. The average Bonchev–Trinajstić information content (AvgIpc) is 2.91. The number of ether oxygens (including phenoxy) is 1. The first kappa shape index (κ1) is 23.8. The molecule has 1 fully saturated rings. The zero-order valence-corrected chi connectivity index (χ0v) is 17.6. The Kier molecular flexibility index (Phi) is 8.60. The van der Waals surface area contributed by atoms with E-state index < -0.39 is 16.4 Å². The summed E-state index contributed by atoms with van der Waals surface area (Å²) in [7, 11) is -3.28. The Morgan fingerprint density at radius 3 is 2.48 bits per heavy atom. The average molecular weight is 522 g/mol. The quantitative estimate of drug-likeness (QED) is 0.303. The second-order valence-electron chi connectivity index (χ2n) is 6.11. The lowest BCUT2D eigenvalue weighted by atomic mass is 10.1. The summed E-state index contributed by atoms with van der Waals surface area (Å²) in [5.41, 5.74) is 6.24. The summed E-state index contributed by atoms with van der Waals surface area (Å²) in [6, 6.07) is 4.92. The Morgan fingerprint density at radius 1 is 1.30 bits per heavy atom. The minimum atomic E-state index is -4.74. The first-order chi connectivity index (χ1) is 12.0. The normalized spacial score (nSPS) is 20.8. The van der Waals surface area contributed by atoms with Gasteiger partial charge in [-0.05, 0) is 43.0 Å².